The van der Waals surface area contributed by atoms with Crippen molar-refractivity contribution in [3.63, 3.8) is 0 Å². The van der Waals surface area contributed by atoms with Crippen LogP contribution >= 0.6 is 0 Å². The fraction of sp³-hybridized carbons (Fsp3) is 1.00. The average Bonchev–Trinajstić information content (AvgIpc) is 1.69. The first-order chi connectivity index (χ1) is 3.39. The van der Waals surface area contributed by atoms with Crippen LogP contribution in [0.4, 0.5) is 0 Å². The van der Waals surface area contributed by atoms with Gasteiger partial charge in [0.1, 0.15) is 0 Å². The van der Waals surface area contributed by atoms with Crippen LogP contribution in [-0.4, -0.2) is 39.0 Å². The van der Waals surface area contributed by atoms with Crippen LogP contribution in [0.2, 0.25) is 0 Å². The van der Waals surface area contributed by atoms with E-state index in [9.17, 15) is 0 Å². The van der Waals surface area contributed by atoms with Gasteiger partial charge in [-0.25, -0.2) is 0 Å². The maximum absolute atomic E-state index is 2.52. The maximum atomic E-state index is 2.52. The summed E-state index contributed by atoms with van der Waals surface area (Å²) in [6.45, 7) is 2.75. The van der Waals surface area contributed by atoms with Crippen molar-refractivity contribution < 1.29 is 0 Å². The molecular weight excluding hydrogens is 193 g/mol. The van der Waals surface area contributed by atoms with Gasteiger partial charge in [0, 0.05) is 0 Å². The number of nitrogens with zero attached hydrogens (tertiary/aromatic N) is 1. The van der Waals surface area contributed by atoms with Gasteiger partial charge in [0.15, 0.2) is 0 Å². The van der Waals surface area contributed by atoms with Gasteiger partial charge >= 0.3 is 58.3 Å². The first-order valence-electron chi connectivity index (χ1n) is 2.89. The molecule has 0 aromatic rings. The number of piperidine rings is 1. The van der Waals surface area contributed by atoms with Gasteiger partial charge < -0.3 is 0 Å². The third kappa shape index (κ3) is 2.00. The van der Waals surface area contributed by atoms with Gasteiger partial charge in [-0.15, -0.1) is 0 Å². The van der Waals surface area contributed by atoms with Crippen molar-refractivity contribution in [1.82, 2.24) is 3.12 Å². The average molecular weight is 204 g/mol. The van der Waals surface area contributed by atoms with Gasteiger partial charge in [-0.1, -0.05) is 0 Å². The Morgan fingerprint density at radius 1 is 1.00 bits per heavy atom. The molecule has 1 heterocycles. The Labute approximate surface area is 58.5 Å². The van der Waals surface area contributed by atoms with Gasteiger partial charge in [0.05, 0.1) is 0 Å². The molecule has 0 saturated carbocycles. The molecule has 0 unspecified atom stereocenters. The van der Waals surface area contributed by atoms with Gasteiger partial charge in [-0.05, 0) is 0 Å². The van der Waals surface area contributed by atoms with Crippen molar-refractivity contribution in [2.75, 3.05) is 13.1 Å². The predicted molar refractivity (Wildman–Crippen MR) is 32.6 cm³/mol. The van der Waals surface area contributed by atoms with Crippen LogP contribution in [0.3, 0.4) is 0 Å². The minimum absolute atomic E-state index is 1.34. The van der Waals surface area contributed by atoms with Crippen LogP contribution in [0.15, 0.2) is 0 Å². The van der Waals surface area contributed by atoms with E-state index in [4.69, 9.17) is 0 Å². The van der Waals surface area contributed by atoms with E-state index in [-0.39, 0.29) is 0 Å². The van der Waals surface area contributed by atoms with Crippen LogP contribution in [0.1, 0.15) is 19.3 Å². The molecule has 1 aliphatic rings. The number of hydrogen-bond donors (Lipinski definition) is 0. The van der Waals surface area contributed by atoms with E-state index in [1.165, 1.54) is 55.2 Å². The van der Waals surface area contributed by atoms with Crippen LogP contribution in [0, 0.1) is 0 Å². The van der Waals surface area contributed by atoms with E-state index in [2.05, 4.69) is 3.12 Å². The SMILES string of the molecule is [SnH][N]1CCCCC1. The van der Waals surface area contributed by atoms with E-state index >= 15 is 0 Å². The van der Waals surface area contributed by atoms with Crippen molar-refractivity contribution in [3.8, 4) is 0 Å². The third-order valence-electron chi connectivity index (χ3n) is 1.39. The fourth-order valence-electron chi connectivity index (χ4n) is 0.918. The molecule has 0 amide bonds. The summed E-state index contributed by atoms with van der Waals surface area (Å²) in [6.07, 6.45) is 4.36. The molecule has 0 spiro atoms. The summed E-state index contributed by atoms with van der Waals surface area (Å²) >= 11 is 1.34. The van der Waals surface area contributed by atoms with Crippen LogP contribution in [-0.2, 0) is 0 Å². The molecule has 0 aliphatic carbocycles. The molecule has 0 N–H and O–H groups in total. The van der Waals surface area contributed by atoms with E-state index in [1.54, 1.807) is 0 Å². The topological polar surface area (TPSA) is 3.24 Å². The molecule has 1 saturated heterocycles. The molecule has 7 heavy (non-hydrogen) atoms. The summed E-state index contributed by atoms with van der Waals surface area (Å²) in [5, 5.41) is 0. The van der Waals surface area contributed by atoms with Gasteiger partial charge in [0.2, 0.25) is 0 Å². The van der Waals surface area contributed by atoms with Crippen LogP contribution in [0.5, 0.6) is 0 Å². The number of hydrogen-bond acceptors (Lipinski definition) is 1. The second kappa shape index (κ2) is 2.92. The zero-order chi connectivity index (χ0) is 5.11. The normalized spacial score (nSPS) is 25.3. The quantitative estimate of drug-likeness (QED) is 0.512. The molecule has 0 bridgehead atoms. The Bertz CT molecular complexity index is 50.0. The predicted octanol–water partition coefficient (Wildman–Crippen LogP) is 0.288. The molecular formula is C5H11NSn. The zero-order valence-corrected chi connectivity index (χ0v) is 7.86. The van der Waals surface area contributed by atoms with Gasteiger partial charge in [0.25, 0.3) is 0 Å². The number of rotatable bonds is 0. The summed E-state index contributed by atoms with van der Waals surface area (Å²) in [6, 6.07) is 0. The summed E-state index contributed by atoms with van der Waals surface area (Å²) in [7, 11) is 0. The summed E-state index contributed by atoms with van der Waals surface area (Å²) in [5.74, 6) is 0. The fourth-order valence-corrected chi connectivity index (χ4v) is 1.96. The first-order valence-corrected chi connectivity index (χ1v) is 4.36. The summed E-state index contributed by atoms with van der Waals surface area (Å²) in [4.78, 5) is 0. The second-order valence-electron chi connectivity index (χ2n) is 2.10. The molecule has 1 fully saturated rings. The summed E-state index contributed by atoms with van der Waals surface area (Å²) in [5.41, 5.74) is 0. The monoisotopic (exact) mass is 205 g/mol. The van der Waals surface area contributed by atoms with Crippen LogP contribution < -0.4 is 0 Å². The van der Waals surface area contributed by atoms with E-state index in [1.807, 2.05) is 0 Å². The molecule has 40 valence electrons. The van der Waals surface area contributed by atoms with E-state index in [0.717, 1.165) is 0 Å². The Morgan fingerprint density at radius 2 is 1.57 bits per heavy atom. The molecule has 1 aliphatic heterocycles. The van der Waals surface area contributed by atoms with Crippen LogP contribution in [0.25, 0.3) is 0 Å². The first kappa shape index (κ1) is 5.89. The second-order valence-corrected chi connectivity index (χ2v) is 4.18. The van der Waals surface area contributed by atoms with E-state index < -0.39 is 0 Å². The standard InChI is InChI=1S/C5H10N.Sn.H/c1-2-4-6-5-3-1;;/h1-5H2;;/q-1;+1;. The summed E-state index contributed by atoms with van der Waals surface area (Å²) < 4.78 is 2.52. The minimum atomic E-state index is 1.34. The van der Waals surface area contributed by atoms with Crippen molar-refractivity contribution in [3.05, 3.63) is 0 Å². The third-order valence-corrected chi connectivity index (χ3v) is 2.86. The van der Waals surface area contributed by atoms with Crippen molar-refractivity contribution >= 4 is 22.8 Å². The Morgan fingerprint density at radius 3 is 1.86 bits per heavy atom. The molecule has 1 nitrogen and oxygen atoms in total. The Hall–Kier alpha value is 0.759. The van der Waals surface area contributed by atoms with Crippen molar-refractivity contribution in [1.29, 1.82) is 0 Å². The zero-order valence-electron chi connectivity index (χ0n) is 4.56. The van der Waals surface area contributed by atoms with E-state index in [0.29, 0.717) is 0 Å². The molecule has 0 atom stereocenters. The van der Waals surface area contributed by atoms with Gasteiger partial charge in [-0.2, -0.15) is 0 Å². The van der Waals surface area contributed by atoms with Crippen molar-refractivity contribution in [2.24, 2.45) is 0 Å². The molecule has 0 aromatic heterocycles. The Balaban J connectivity index is 2.12. The van der Waals surface area contributed by atoms with Crippen molar-refractivity contribution in [2.45, 2.75) is 19.3 Å². The molecule has 1 rings (SSSR count). The molecule has 2 radical (unpaired) electrons. The molecule has 0 aromatic carbocycles. The van der Waals surface area contributed by atoms with Gasteiger partial charge in [-0.3, -0.25) is 0 Å². The Kier molecular flexibility index (Phi) is 2.46. The molecule has 2 heteroatoms.